The minimum absolute atomic E-state index is 0.0658. The van der Waals surface area contributed by atoms with Gasteiger partial charge < -0.3 is 10.3 Å². The molecule has 1 aliphatic rings. The van der Waals surface area contributed by atoms with Gasteiger partial charge in [0.25, 0.3) is 5.56 Å². The fourth-order valence-electron chi connectivity index (χ4n) is 2.46. The molecule has 2 aromatic rings. The zero-order valence-corrected chi connectivity index (χ0v) is 13.1. The number of amides is 1. The fourth-order valence-corrected chi connectivity index (χ4v) is 3.13. The highest BCUT2D eigenvalue weighted by molar-refractivity contribution is 7.99. The smallest absolute Gasteiger partial charge is 0.254 e. The van der Waals surface area contributed by atoms with Gasteiger partial charge in [-0.3, -0.25) is 9.59 Å². The van der Waals surface area contributed by atoms with Crippen LogP contribution in [0.25, 0.3) is 0 Å². The molecule has 1 aromatic heterocycles. The quantitative estimate of drug-likeness (QED) is 0.670. The topological polar surface area (TPSA) is 74.8 Å². The van der Waals surface area contributed by atoms with E-state index in [0.29, 0.717) is 5.16 Å². The number of aromatic amines is 1. The van der Waals surface area contributed by atoms with Gasteiger partial charge in [0.05, 0.1) is 11.4 Å². The molecule has 1 heterocycles. The average molecular weight is 315 g/mol. The van der Waals surface area contributed by atoms with Gasteiger partial charge in [0.1, 0.15) is 0 Å². The van der Waals surface area contributed by atoms with Crippen LogP contribution in [0, 0.1) is 6.92 Å². The fraction of sp³-hybridized carbons (Fsp3) is 0.312. The number of anilines is 1. The van der Waals surface area contributed by atoms with Gasteiger partial charge in [-0.1, -0.05) is 29.5 Å². The van der Waals surface area contributed by atoms with E-state index < -0.39 is 0 Å². The number of fused-ring (bicyclic) bond motifs is 1. The maximum atomic E-state index is 11.9. The number of carbonyl (C=O) groups is 1. The predicted octanol–water partition coefficient (Wildman–Crippen LogP) is 2.30. The number of nitrogens with one attached hydrogen (secondary N) is 2. The molecule has 0 fully saturated rings. The number of hydrogen-bond acceptors (Lipinski definition) is 4. The Bertz CT molecular complexity index is 753. The van der Waals surface area contributed by atoms with Crippen molar-refractivity contribution in [3.05, 3.63) is 51.4 Å². The number of aryl methyl sites for hydroxylation is 2. The molecule has 114 valence electrons. The molecule has 0 aliphatic heterocycles. The van der Waals surface area contributed by atoms with Gasteiger partial charge in [0.15, 0.2) is 5.16 Å². The van der Waals surface area contributed by atoms with Gasteiger partial charge in [-0.15, -0.1) is 0 Å². The molecule has 0 saturated heterocycles. The number of benzene rings is 1. The highest BCUT2D eigenvalue weighted by Gasteiger charge is 2.17. The first kappa shape index (κ1) is 14.8. The van der Waals surface area contributed by atoms with Gasteiger partial charge in [-0.2, -0.15) is 0 Å². The van der Waals surface area contributed by atoms with Gasteiger partial charge in [0.2, 0.25) is 5.91 Å². The molecule has 1 aromatic carbocycles. The van der Waals surface area contributed by atoms with E-state index in [4.69, 9.17) is 0 Å². The highest BCUT2D eigenvalue weighted by Crippen LogP contribution is 2.19. The van der Waals surface area contributed by atoms with Crippen LogP contribution in [0.15, 0.2) is 34.2 Å². The van der Waals surface area contributed by atoms with Crippen LogP contribution in [-0.2, 0) is 17.6 Å². The van der Waals surface area contributed by atoms with Crippen molar-refractivity contribution in [1.29, 1.82) is 0 Å². The molecule has 0 spiro atoms. The summed E-state index contributed by atoms with van der Waals surface area (Å²) in [5.74, 6) is 0.104. The van der Waals surface area contributed by atoms with Crippen molar-refractivity contribution in [2.75, 3.05) is 11.1 Å². The van der Waals surface area contributed by atoms with E-state index in [0.717, 1.165) is 41.8 Å². The maximum absolute atomic E-state index is 11.9. The van der Waals surface area contributed by atoms with Crippen molar-refractivity contribution >= 4 is 23.4 Å². The first-order chi connectivity index (χ1) is 10.6. The van der Waals surface area contributed by atoms with Crippen LogP contribution in [0.1, 0.15) is 23.2 Å². The Balaban J connectivity index is 1.60. The van der Waals surface area contributed by atoms with Gasteiger partial charge in [0, 0.05) is 11.3 Å². The summed E-state index contributed by atoms with van der Waals surface area (Å²) in [5.41, 5.74) is 3.53. The van der Waals surface area contributed by atoms with Crippen molar-refractivity contribution < 1.29 is 4.79 Å². The molecule has 0 radical (unpaired) electrons. The van der Waals surface area contributed by atoms with Crippen molar-refractivity contribution in [2.24, 2.45) is 0 Å². The molecule has 0 bridgehead atoms. The van der Waals surface area contributed by atoms with E-state index >= 15 is 0 Å². The SMILES string of the molecule is Cc1ccc(NC(=O)CSc2nc3c(c(=O)[nH]2)CCC3)cc1. The predicted molar refractivity (Wildman–Crippen MR) is 87.4 cm³/mol. The molecule has 0 unspecified atom stereocenters. The summed E-state index contributed by atoms with van der Waals surface area (Å²) < 4.78 is 0. The summed E-state index contributed by atoms with van der Waals surface area (Å²) in [4.78, 5) is 31.0. The summed E-state index contributed by atoms with van der Waals surface area (Å²) in [6.07, 6.45) is 2.63. The molecule has 0 atom stereocenters. The maximum Gasteiger partial charge on any atom is 0.254 e. The number of thioether (sulfide) groups is 1. The van der Waals surface area contributed by atoms with Crippen LogP contribution in [0.4, 0.5) is 5.69 Å². The summed E-state index contributed by atoms with van der Waals surface area (Å²) in [6, 6.07) is 7.63. The minimum Gasteiger partial charge on any atom is -0.325 e. The van der Waals surface area contributed by atoms with Crippen LogP contribution in [0.2, 0.25) is 0 Å². The largest absolute Gasteiger partial charge is 0.325 e. The van der Waals surface area contributed by atoms with E-state index in [1.165, 1.54) is 11.8 Å². The van der Waals surface area contributed by atoms with E-state index in [1.807, 2.05) is 31.2 Å². The Morgan fingerprint density at radius 3 is 2.86 bits per heavy atom. The lowest BCUT2D eigenvalue weighted by molar-refractivity contribution is -0.113. The number of carbonyl (C=O) groups excluding carboxylic acids is 1. The lowest BCUT2D eigenvalue weighted by Crippen LogP contribution is -2.17. The average Bonchev–Trinajstić information content (AvgIpc) is 2.97. The van der Waals surface area contributed by atoms with Gasteiger partial charge in [-0.25, -0.2) is 4.98 Å². The molecule has 1 aliphatic carbocycles. The van der Waals surface area contributed by atoms with E-state index in [9.17, 15) is 9.59 Å². The minimum atomic E-state index is -0.114. The van der Waals surface area contributed by atoms with Crippen LogP contribution >= 0.6 is 11.8 Å². The van der Waals surface area contributed by atoms with E-state index in [2.05, 4.69) is 15.3 Å². The zero-order valence-electron chi connectivity index (χ0n) is 12.3. The number of hydrogen-bond donors (Lipinski definition) is 2. The molecular weight excluding hydrogens is 298 g/mol. The molecule has 2 N–H and O–H groups in total. The van der Waals surface area contributed by atoms with Crippen LogP contribution in [0.5, 0.6) is 0 Å². The summed E-state index contributed by atoms with van der Waals surface area (Å²) in [5, 5.41) is 3.35. The number of aromatic nitrogens is 2. The zero-order chi connectivity index (χ0) is 15.5. The third-order valence-electron chi connectivity index (χ3n) is 3.60. The molecular formula is C16H17N3O2S. The van der Waals surface area contributed by atoms with Gasteiger partial charge in [-0.05, 0) is 38.3 Å². The third kappa shape index (κ3) is 3.39. The molecule has 6 heteroatoms. The lowest BCUT2D eigenvalue weighted by Gasteiger charge is -2.06. The van der Waals surface area contributed by atoms with Crippen molar-refractivity contribution in [3.8, 4) is 0 Å². The van der Waals surface area contributed by atoms with Gasteiger partial charge >= 0.3 is 0 Å². The summed E-state index contributed by atoms with van der Waals surface area (Å²) >= 11 is 1.25. The Labute approximate surface area is 132 Å². The molecule has 3 rings (SSSR count). The Morgan fingerprint density at radius 1 is 1.32 bits per heavy atom. The summed E-state index contributed by atoms with van der Waals surface area (Å²) in [7, 11) is 0. The normalized spacial score (nSPS) is 13.0. The van der Waals surface area contributed by atoms with Crippen molar-refractivity contribution in [3.63, 3.8) is 0 Å². The Kier molecular flexibility index (Phi) is 4.29. The second-order valence-corrected chi connectivity index (χ2v) is 6.32. The molecule has 5 nitrogen and oxygen atoms in total. The van der Waals surface area contributed by atoms with Crippen molar-refractivity contribution in [1.82, 2.24) is 9.97 Å². The third-order valence-corrected chi connectivity index (χ3v) is 4.47. The standard InChI is InChI=1S/C16H17N3O2S/c1-10-5-7-11(8-6-10)17-14(20)9-22-16-18-13-4-2-3-12(13)15(21)19-16/h5-8H,2-4,9H2,1H3,(H,17,20)(H,18,19,21). The second-order valence-electron chi connectivity index (χ2n) is 5.35. The first-order valence-electron chi connectivity index (χ1n) is 7.23. The van der Waals surface area contributed by atoms with Crippen LogP contribution in [-0.4, -0.2) is 21.6 Å². The van der Waals surface area contributed by atoms with E-state index in [1.54, 1.807) is 0 Å². The molecule has 0 saturated carbocycles. The Hall–Kier alpha value is -2.08. The second kappa shape index (κ2) is 6.36. The first-order valence-corrected chi connectivity index (χ1v) is 8.22. The van der Waals surface area contributed by atoms with Crippen molar-refractivity contribution in [2.45, 2.75) is 31.3 Å². The number of H-pyrrole nitrogens is 1. The molecule has 22 heavy (non-hydrogen) atoms. The number of rotatable bonds is 4. The Morgan fingerprint density at radius 2 is 2.09 bits per heavy atom. The molecule has 1 amide bonds. The lowest BCUT2D eigenvalue weighted by atomic mass is 10.2. The van der Waals surface area contributed by atoms with E-state index in [-0.39, 0.29) is 17.2 Å². The van der Waals surface area contributed by atoms with Crippen LogP contribution < -0.4 is 10.9 Å². The highest BCUT2D eigenvalue weighted by atomic mass is 32.2. The number of nitrogens with zero attached hydrogens (tertiary/aromatic N) is 1. The summed E-state index contributed by atoms with van der Waals surface area (Å²) in [6.45, 7) is 2.00. The monoisotopic (exact) mass is 315 g/mol. The van der Waals surface area contributed by atoms with Crippen LogP contribution in [0.3, 0.4) is 0 Å².